The molecule has 1 aliphatic rings. The van der Waals surface area contributed by atoms with Gasteiger partial charge >= 0.3 is 5.97 Å². The third-order valence-electron chi connectivity index (χ3n) is 4.52. The summed E-state index contributed by atoms with van der Waals surface area (Å²) < 4.78 is 13.2. The van der Waals surface area contributed by atoms with Crippen LogP contribution >= 0.6 is 0 Å². The van der Waals surface area contributed by atoms with Gasteiger partial charge in [0.25, 0.3) is 0 Å². The second-order valence-electron chi connectivity index (χ2n) is 6.09. The summed E-state index contributed by atoms with van der Waals surface area (Å²) in [5, 5.41) is 9.34. The Labute approximate surface area is 135 Å². The molecular formula is C19H20FNO2. The molecule has 2 aromatic rings. The van der Waals surface area contributed by atoms with Crippen LogP contribution < -0.4 is 0 Å². The molecule has 3 nitrogen and oxygen atoms in total. The maximum absolute atomic E-state index is 13.2. The van der Waals surface area contributed by atoms with Gasteiger partial charge in [-0.15, -0.1) is 0 Å². The molecule has 120 valence electrons. The molecule has 0 saturated carbocycles. The van der Waals surface area contributed by atoms with Gasteiger partial charge in [0.1, 0.15) is 5.82 Å². The Morgan fingerprint density at radius 3 is 2.43 bits per heavy atom. The first-order valence-electron chi connectivity index (χ1n) is 7.90. The highest BCUT2D eigenvalue weighted by Gasteiger charge is 2.32. The van der Waals surface area contributed by atoms with Crippen LogP contribution in [-0.4, -0.2) is 22.5 Å². The number of halogens is 1. The molecule has 1 saturated heterocycles. The smallest absolute Gasteiger partial charge is 0.307 e. The second kappa shape index (κ2) is 6.92. The lowest BCUT2D eigenvalue weighted by Gasteiger charge is -2.38. The van der Waals surface area contributed by atoms with Gasteiger partial charge in [-0.05, 0) is 36.1 Å². The summed E-state index contributed by atoms with van der Waals surface area (Å²) in [6.45, 7) is 1.22. The molecule has 0 bridgehead atoms. The molecule has 1 aliphatic heterocycles. The van der Waals surface area contributed by atoms with Crippen LogP contribution in [0.15, 0.2) is 54.6 Å². The second-order valence-corrected chi connectivity index (χ2v) is 6.09. The molecule has 0 aliphatic carbocycles. The highest BCUT2D eigenvalue weighted by molar-refractivity contribution is 5.70. The number of aliphatic carboxylic acids is 1. The number of rotatable bonds is 4. The van der Waals surface area contributed by atoms with Crippen LogP contribution in [0.4, 0.5) is 4.39 Å². The van der Waals surface area contributed by atoms with Crippen LogP contribution in [0.5, 0.6) is 0 Å². The Hall–Kier alpha value is -2.20. The van der Waals surface area contributed by atoms with Gasteiger partial charge in [0.05, 0.1) is 5.92 Å². The van der Waals surface area contributed by atoms with Crippen LogP contribution in [0.25, 0.3) is 0 Å². The number of piperidine rings is 1. The summed E-state index contributed by atoms with van der Waals surface area (Å²) in [7, 11) is 0. The predicted octanol–water partition coefficient (Wildman–Crippen LogP) is 3.86. The van der Waals surface area contributed by atoms with E-state index in [0.29, 0.717) is 19.5 Å². The third-order valence-corrected chi connectivity index (χ3v) is 4.52. The number of carboxylic acid groups (broad SMARTS) is 1. The highest BCUT2D eigenvalue weighted by Crippen LogP contribution is 2.34. The van der Waals surface area contributed by atoms with E-state index >= 15 is 0 Å². The van der Waals surface area contributed by atoms with Crippen molar-refractivity contribution in [3.63, 3.8) is 0 Å². The molecule has 3 rings (SSSR count). The average Bonchev–Trinajstić information content (AvgIpc) is 2.56. The maximum atomic E-state index is 13.2. The van der Waals surface area contributed by atoms with Crippen LogP contribution in [0.2, 0.25) is 0 Å². The molecule has 23 heavy (non-hydrogen) atoms. The lowest BCUT2D eigenvalue weighted by atomic mass is 9.88. The van der Waals surface area contributed by atoms with E-state index in [1.807, 2.05) is 30.3 Å². The number of likely N-dealkylation sites (tertiary alicyclic amines) is 1. The standard InChI is InChI=1S/C19H20FNO2/c20-17-9-6-15(7-10-17)18-11-8-16(19(22)23)13-21(18)12-14-4-2-1-3-5-14/h1-7,9-10,16,18H,8,11-13H2,(H,22,23). The van der Waals surface area contributed by atoms with Gasteiger partial charge in [0.2, 0.25) is 0 Å². The molecule has 1 heterocycles. The van der Waals surface area contributed by atoms with Crippen molar-refractivity contribution in [1.82, 2.24) is 4.90 Å². The summed E-state index contributed by atoms with van der Waals surface area (Å²) >= 11 is 0. The molecule has 1 fully saturated rings. The molecule has 0 radical (unpaired) electrons. The zero-order chi connectivity index (χ0) is 16.2. The molecular weight excluding hydrogens is 293 g/mol. The van der Waals surface area contributed by atoms with E-state index in [1.165, 1.54) is 12.1 Å². The molecule has 0 aromatic heterocycles. The molecule has 2 aromatic carbocycles. The number of benzene rings is 2. The number of carboxylic acids is 1. The fraction of sp³-hybridized carbons (Fsp3) is 0.316. The fourth-order valence-corrected chi connectivity index (χ4v) is 3.30. The topological polar surface area (TPSA) is 40.5 Å². The van der Waals surface area contributed by atoms with Gasteiger partial charge in [-0.25, -0.2) is 4.39 Å². The SMILES string of the molecule is O=C(O)C1CCC(c2ccc(F)cc2)N(Cc2ccccc2)C1. The summed E-state index contributed by atoms with van der Waals surface area (Å²) in [5.41, 5.74) is 2.21. The van der Waals surface area contributed by atoms with Crippen molar-refractivity contribution in [2.45, 2.75) is 25.4 Å². The van der Waals surface area contributed by atoms with Crippen LogP contribution in [-0.2, 0) is 11.3 Å². The molecule has 0 amide bonds. The number of hydrogen-bond donors (Lipinski definition) is 1. The Bertz CT molecular complexity index is 657. The average molecular weight is 313 g/mol. The van der Waals surface area contributed by atoms with Crippen molar-refractivity contribution in [1.29, 1.82) is 0 Å². The van der Waals surface area contributed by atoms with Gasteiger partial charge in [0, 0.05) is 19.1 Å². The summed E-state index contributed by atoms with van der Waals surface area (Å²) in [5.74, 6) is -1.32. The Morgan fingerprint density at radius 2 is 1.78 bits per heavy atom. The van der Waals surface area contributed by atoms with Crippen molar-refractivity contribution in [2.75, 3.05) is 6.54 Å². The molecule has 0 spiro atoms. The molecule has 1 N–H and O–H groups in total. The van der Waals surface area contributed by atoms with Crippen molar-refractivity contribution in [3.05, 3.63) is 71.5 Å². The molecule has 4 heteroatoms. The fourth-order valence-electron chi connectivity index (χ4n) is 3.30. The molecule has 2 unspecified atom stereocenters. The van der Waals surface area contributed by atoms with Gasteiger partial charge in [-0.1, -0.05) is 42.5 Å². The summed E-state index contributed by atoms with van der Waals surface area (Å²) in [6, 6.07) is 16.7. The maximum Gasteiger partial charge on any atom is 0.307 e. The zero-order valence-electron chi connectivity index (χ0n) is 12.9. The van der Waals surface area contributed by atoms with E-state index in [1.54, 1.807) is 12.1 Å². The predicted molar refractivity (Wildman–Crippen MR) is 86.4 cm³/mol. The first-order valence-corrected chi connectivity index (χ1v) is 7.90. The number of nitrogens with zero attached hydrogens (tertiary/aromatic N) is 1. The van der Waals surface area contributed by atoms with E-state index in [4.69, 9.17) is 0 Å². The quantitative estimate of drug-likeness (QED) is 0.931. The van der Waals surface area contributed by atoms with Crippen LogP contribution in [0.3, 0.4) is 0 Å². The lowest BCUT2D eigenvalue weighted by molar-refractivity contribution is -0.144. The number of carbonyl (C=O) groups is 1. The Balaban J connectivity index is 1.83. The van der Waals surface area contributed by atoms with E-state index < -0.39 is 5.97 Å². The van der Waals surface area contributed by atoms with E-state index in [-0.39, 0.29) is 17.8 Å². The zero-order valence-corrected chi connectivity index (χ0v) is 12.9. The Morgan fingerprint density at radius 1 is 1.09 bits per heavy atom. The van der Waals surface area contributed by atoms with E-state index in [0.717, 1.165) is 17.5 Å². The minimum atomic E-state index is -0.736. The van der Waals surface area contributed by atoms with Gasteiger partial charge in [-0.3, -0.25) is 9.69 Å². The summed E-state index contributed by atoms with van der Waals surface area (Å²) in [6.07, 6.45) is 1.43. The van der Waals surface area contributed by atoms with Gasteiger partial charge in [-0.2, -0.15) is 0 Å². The van der Waals surface area contributed by atoms with E-state index in [2.05, 4.69) is 4.90 Å². The first kappa shape index (κ1) is 15.7. The Kier molecular flexibility index (Phi) is 4.72. The monoisotopic (exact) mass is 313 g/mol. The highest BCUT2D eigenvalue weighted by atomic mass is 19.1. The minimum Gasteiger partial charge on any atom is -0.481 e. The normalized spacial score (nSPS) is 22.0. The third kappa shape index (κ3) is 3.77. The van der Waals surface area contributed by atoms with Crippen molar-refractivity contribution >= 4 is 5.97 Å². The van der Waals surface area contributed by atoms with Crippen molar-refractivity contribution < 1.29 is 14.3 Å². The van der Waals surface area contributed by atoms with E-state index in [9.17, 15) is 14.3 Å². The number of hydrogen-bond acceptors (Lipinski definition) is 2. The van der Waals surface area contributed by atoms with Crippen molar-refractivity contribution in [3.8, 4) is 0 Å². The van der Waals surface area contributed by atoms with Crippen LogP contribution in [0, 0.1) is 11.7 Å². The minimum absolute atomic E-state index is 0.131. The van der Waals surface area contributed by atoms with Crippen LogP contribution in [0.1, 0.15) is 30.0 Å². The first-order chi connectivity index (χ1) is 11.1. The van der Waals surface area contributed by atoms with Gasteiger partial charge < -0.3 is 5.11 Å². The molecule has 2 atom stereocenters. The lowest BCUT2D eigenvalue weighted by Crippen LogP contribution is -2.40. The van der Waals surface area contributed by atoms with Gasteiger partial charge in [0.15, 0.2) is 0 Å². The van der Waals surface area contributed by atoms with Crippen molar-refractivity contribution in [2.24, 2.45) is 5.92 Å². The summed E-state index contributed by atoms with van der Waals surface area (Å²) in [4.78, 5) is 13.6. The largest absolute Gasteiger partial charge is 0.481 e.